The Kier molecular flexibility index (Phi) is 4.48. The van der Waals surface area contributed by atoms with E-state index in [0.717, 1.165) is 11.5 Å². The third-order valence-corrected chi connectivity index (χ3v) is 4.87. The SMILES string of the molecule is CNC(CO)(CSCc1ccccc1)C1CC1. The molecular weight excluding hydrogens is 230 g/mol. The quantitative estimate of drug-likeness (QED) is 0.780. The van der Waals surface area contributed by atoms with Gasteiger partial charge in [-0.25, -0.2) is 0 Å². The van der Waals surface area contributed by atoms with Crippen molar-refractivity contribution in [2.45, 2.75) is 24.1 Å². The second-order valence-corrected chi connectivity index (χ2v) is 5.80. The van der Waals surface area contributed by atoms with Crippen LogP contribution in [0.25, 0.3) is 0 Å². The van der Waals surface area contributed by atoms with Gasteiger partial charge in [0, 0.05) is 11.5 Å². The summed E-state index contributed by atoms with van der Waals surface area (Å²) in [6, 6.07) is 10.5. The van der Waals surface area contributed by atoms with Crippen molar-refractivity contribution in [2.75, 3.05) is 19.4 Å². The van der Waals surface area contributed by atoms with Crippen LogP contribution in [0.3, 0.4) is 0 Å². The molecule has 1 aromatic carbocycles. The van der Waals surface area contributed by atoms with E-state index in [1.165, 1.54) is 18.4 Å². The Morgan fingerprint density at radius 2 is 2.06 bits per heavy atom. The van der Waals surface area contributed by atoms with E-state index >= 15 is 0 Å². The van der Waals surface area contributed by atoms with Crippen LogP contribution in [-0.4, -0.2) is 30.1 Å². The molecule has 0 spiro atoms. The van der Waals surface area contributed by atoms with Crippen molar-refractivity contribution in [1.82, 2.24) is 5.32 Å². The van der Waals surface area contributed by atoms with Gasteiger partial charge in [0.25, 0.3) is 0 Å². The largest absolute Gasteiger partial charge is 0.394 e. The van der Waals surface area contributed by atoms with E-state index in [-0.39, 0.29) is 12.1 Å². The van der Waals surface area contributed by atoms with E-state index in [1.54, 1.807) is 0 Å². The molecule has 1 aliphatic carbocycles. The van der Waals surface area contributed by atoms with Crippen LogP contribution in [0.2, 0.25) is 0 Å². The van der Waals surface area contributed by atoms with Crippen molar-refractivity contribution in [3.63, 3.8) is 0 Å². The van der Waals surface area contributed by atoms with Crippen molar-refractivity contribution in [3.8, 4) is 0 Å². The molecule has 94 valence electrons. The van der Waals surface area contributed by atoms with Gasteiger partial charge in [0.15, 0.2) is 0 Å². The second kappa shape index (κ2) is 5.89. The summed E-state index contributed by atoms with van der Waals surface area (Å²) in [5, 5.41) is 13.0. The molecule has 0 heterocycles. The molecule has 1 unspecified atom stereocenters. The van der Waals surface area contributed by atoms with Crippen molar-refractivity contribution in [1.29, 1.82) is 0 Å². The van der Waals surface area contributed by atoms with Gasteiger partial charge in [-0.3, -0.25) is 0 Å². The van der Waals surface area contributed by atoms with E-state index in [0.29, 0.717) is 5.92 Å². The van der Waals surface area contributed by atoms with Gasteiger partial charge in [-0.1, -0.05) is 30.3 Å². The zero-order valence-electron chi connectivity index (χ0n) is 10.4. The van der Waals surface area contributed by atoms with Crippen LogP contribution >= 0.6 is 11.8 Å². The van der Waals surface area contributed by atoms with Crippen molar-refractivity contribution in [3.05, 3.63) is 35.9 Å². The smallest absolute Gasteiger partial charge is 0.0624 e. The number of rotatable bonds is 7. The Morgan fingerprint density at radius 3 is 2.59 bits per heavy atom. The van der Waals surface area contributed by atoms with Crippen molar-refractivity contribution >= 4 is 11.8 Å². The van der Waals surface area contributed by atoms with Gasteiger partial charge in [0.1, 0.15) is 0 Å². The molecule has 3 heteroatoms. The fourth-order valence-corrected chi connectivity index (χ4v) is 3.57. The van der Waals surface area contributed by atoms with Gasteiger partial charge in [0.05, 0.1) is 12.1 Å². The summed E-state index contributed by atoms with van der Waals surface area (Å²) in [5.74, 6) is 2.68. The molecule has 1 fully saturated rings. The lowest BCUT2D eigenvalue weighted by molar-refractivity contribution is 0.167. The Labute approximate surface area is 108 Å². The zero-order chi connectivity index (χ0) is 12.1. The lowest BCUT2D eigenvalue weighted by Gasteiger charge is -2.31. The van der Waals surface area contributed by atoms with Crippen LogP contribution in [-0.2, 0) is 5.75 Å². The average Bonchev–Trinajstić information content (AvgIpc) is 3.21. The number of aliphatic hydroxyl groups excluding tert-OH is 1. The number of nitrogens with one attached hydrogen (secondary N) is 1. The van der Waals surface area contributed by atoms with Gasteiger partial charge in [-0.15, -0.1) is 0 Å². The van der Waals surface area contributed by atoms with Crippen LogP contribution < -0.4 is 5.32 Å². The first-order valence-corrected chi connectivity index (χ1v) is 7.37. The molecule has 1 saturated carbocycles. The van der Waals surface area contributed by atoms with Gasteiger partial charge >= 0.3 is 0 Å². The maximum atomic E-state index is 9.61. The molecule has 1 aromatic rings. The predicted molar refractivity (Wildman–Crippen MR) is 74.2 cm³/mol. The molecule has 0 bridgehead atoms. The van der Waals surface area contributed by atoms with Crippen molar-refractivity contribution < 1.29 is 5.11 Å². The molecule has 0 aromatic heterocycles. The molecule has 1 atom stereocenters. The first-order chi connectivity index (χ1) is 8.30. The Hall–Kier alpha value is -0.510. The lowest BCUT2D eigenvalue weighted by atomic mass is 9.97. The van der Waals surface area contributed by atoms with Crippen LogP contribution in [0.5, 0.6) is 0 Å². The monoisotopic (exact) mass is 251 g/mol. The molecule has 2 rings (SSSR count). The maximum Gasteiger partial charge on any atom is 0.0624 e. The highest BCUT2D eigenvalue weighted by atomic mass is 32.2. The highest BCUT2D eigenvalue weighted by molar-refractivity contribution is 7.98. The minimum atomic E-state index is -0.0561. The fourth-order valence-electron chi connectivity index (χ4n) is 2.21. The van der Waals surface area contributed by atoms with Gasteiger partial charge in [0.2, 0.25) is 0 Å². The first kappa shape index (κ1) is 12.9. The minimum Gasteiger partial charge on any atom is -0.394 e. The van der Waals surface area contributed by atoms with Gasteiger partial charge in [-0.05, 0) is 31.4 Å². The summed E-state index contributed by atoms with van der Waals surface area (Å²) in [6.45, 7) is 0.246. The molecule has 2 nitrogen and oxygen atoms in total. The molecule has 0 radical (unpaired) electrons. The fraction of sp³-hybridized carbons (Fsp3) is 0.571. The summed E-state index contributed by atoms with van der Waals surface area (Å²) in [7, 11) is 1.97. The molecule has 2 N–H and O–H groups in total. The van der Waals surface area contributed by atoms with Gasteiger partial charge in [-0.2, -0.15) is 11.8 Å². The summed E-state index contributed by atoms with van der Waals surface area (Å²) in [5.41, 5.74) is 1.30. The maximum absolute atomic E-state index is 9.61. The van der Waals surface area contributed by atoms with E-state index in [4.69, 9.17) is 0 Å². The van der Waals surface area contributed by atoms with E-state index in [1.807, 2.05) is 24.9 Å². The summed E-state index contributed by atoms with van der Waals surface area (Å²) in [6.07, 6.45) is 2.51. The molecular formula is C14H21NOS. The Bertz CT molecular complexity index is 333. The first-order valence-electron chi connectivity index (χ1n) is 6.22. The Balaban J connectivity index is 1.84. The van der Waals surface area contributed by atoms with Crippen LogP contribution in [0, 0.1) is 5.92 Å². The molecule has 17 heavy (non-hydrogen) atoms. The third-order valence-electron chi connectivity index (χ3n) is 3.61. The van der Waals surface area contributed by atoms with Crippen molar-refractivity contribution in [2.24, 2.45) is 5.92 Å². The van der Waals surface area contributed by atoms with E-state index in [9.17, 15) is 5.11 Å². The van der Waals surface area contributed by atoms with Crippen LogP contribution in [0.4, 0.5) is 0 Å². The summed E-state index contributed by atoms with van der Waals surface area (Å²) < 4.78 is 0. The topological polar surface area (TPSA) is 32.3 Å². The number of aliphatic hydroxyl groups is 1. The average molecular weight is 251 g/mol. The molecule has 1 aliphatic rings. The molecule has 0 saturated heterocycles. The van der Waals surface area contributed by atoms with E-state index in [2.05, 4.69) is 29.6 Å². The highest BCUT2D eigenvalue weighted by Gasteiger charge is 2.43. The summed E-state index contributed by atoms with van der Waals surface area (Å²) >= 11 is 1.91. The molecule has 0 amide bonds. The van der Waals surface area contributed by atoms with Crippen LogP contribution in [0.1, 0.15) is 18.4 Å². The predicted octanol–water partition coefficient (Wildman–Crippen LogP) is 2.28. The normalized spacial score (nSPS) is 18.9. The standard InChI is InChI=1S/C14H21NOS/c1-15-14(10-16,13-7-8-13)11-17-9-12-5-3-2-4-6-12/h2-6,13,15-16H,7-11H2,1H3. The second-order valence-electron chi connectivity index (χ2n) is 4.82. The third kappa shape index (κ3) is 3.24. The number of hydrogen-bond donors (Lipinski definition) is 2. The number of hydrogen-bond acceptors (Lipinski definition) is 3. The highest BCUT2D eigenvalue weighted by Crippen LogP contribution is 2.41. The van der Waals surface area contributed by atoms with Crippen LogP contribution in [0.15, 0.2) is 30.3 Å². The number of benzene rings is 1. The Morgan fingerprint density at radius 1 is 1.35 bits per heavy atom. The number of likely N-dealkylation sites (N-methyl/N-ethyl adjacent to an activating group) is 1. The van der Waals surface area contributed by atoms with E-state index < -0.39 is 0 Å². The number of thioether (sulfide) groups is 1. The lowest BCUT2D eigenvalue weighted by Crippen LogP contribution is -2.51. The zero-order valence-corrected chi connectivity index (χ0v) is 11.2. The summed E-state index contributed by atoms with van der Waals surface area (Å²) in [4.78, 5) is 0. The van der Waals surface area contributed by atoms with Gasteiger partial charge < -0.3 is 10.4 Å². The minimum absolute atomic E-state index is 0.0561. The molecule has 0 aliphatic heterocycles.